The molecule has 0 radical (unpaired) electrons. The van der Waals surface area contributed by atoms with Crippen LogP contribution in [0.25, 0.3) is 10.9 Å². The van der Waals surface area contributed by atoms with E-state index in [4.69, 9.17) is 0 Å². The Bertz CT molecular complexity index is 1150. The van der Waals surface area contributed by atoms with E-state index in [0.717, 1.165) is 23.0 Å². The number of hydrazone groups is 1. The molecule has 138 valence electrons. The molecule has 28 heavy (non-hydrogen) atoms. The third kappa shape index (κ3) is 3.69. The number of carbonyl (C=O) groups excluding carboxylic acids is 1. The van der Waals surface area contributed by atoms with Gasteiger partial charge in [0.2, 0.25) is 0 Å². The summed E-state index contributed by atoms with van der Waals surface area (Å²) in [4.78, 5) is 16.1. The lowest BCUT2D eigenvalue weighted by molar-refractivity contribution is 0.0955. The molecule has 0 aliphatic carbocycles. The molecule has 0 fully saturated rings. The number of amides is 1. The van der Waals surface area contributed by atoms with E-state index in [1.54, 1.807) is 24.5 Å². The number of hydrogen-bond donors (Lipinski definition) is 1. The number of pyridine rings is 1. The van der Waals surface area contributed by atoms with E-state index < -0.39 is 0 Å². The zero-order valence-electron chi connectivity index (χ0n) is 15.5. The summed E-state index contributed by atoms with van der Waals surface area (Å²) < 4.78 is 2.21. The lowest BCUT2D eigenvalue weighted by Crippen LogP contribution is -2.17. The van der Waals surface area contributed by atoms with Crippen LogP contribution in [0.4, 0.5) is 0 Å². The highest BCUT2D eigenvalue weighted by Gasteiger charge is 2.08. The molecule has 0 aliphatic heterocycles. The third-order valence-electron chi connectivity index (χ3n) is 4.71. The van der Waals surface area contributed by atoms with Crippen LogP contribution in [0.1, 0.15) is 27.0 Å². The molecule has 4 rings (SSSR count). The number of rotatable bonds is 5. The minimum Gasteiger partial charge on any atom is -0.342 e. The van der Waals surface area contributed by atoms with Crippen molar-refractivity contribution >= 4 is 23.0 Å². The van der Waals surface area contributed by atoms with Gasteiger partial charge in [-0.2, -0.15) is 5.10 Å². The zero-order valence-corrected chi connectivity index (χ0v) is 15.5. The monoisotopic (exact) mass is 368 g/mol. The lowest BCUT2D eigenvalue weighted by Gasteiger charge is -2.08. The Balaban J connectivity index is 1.59. The number of carbonyl (C=O) groups is 1. The average Bonchev–Trinajstić information content (AvgIpc) is 3.08. The second-order valence-electron chi connectivity index (χ2n) is 6.60. The van der Waals surface area contributed by atoms with Gasteiger partial charge >= 0.3 is 0 Å². The van der Waals surface area contributed by atoms with Crippen LogP contribution in [-0.2, 0) is 6.54 Å². The van der Waals surface area contributed by atoms with Crippen LogP contribution in [0.2, 0.25) is 0 Å². The van der Waals surface area contributed by atoms with Crippen LogP contribution >= 0.6 is 0 Å². The molecule has 2 aromatic heterocycles. The lowest BCUT2D eigenvalue weighted by atomic mass is 10.1. The number of nitrogens with zero attached hydrogens (tertiary/aromatic N) is 3. The Morgan fingerprint density at radius 1 is 1.11 bits per heavy atom. The minimum absolute atomic E-state index is 0.284. The highest BCUT2D eigenvalue weighted by Crippen LogP contribution is 2.22. The summed E-state index contributed by atoms with van der Waals surface area (Å²) >= 11 is 0. The van der Waals surface area contributed by atoms with Crippen LogP contribution in [0.5, 0.6) is 0 Å². The van der Waals surface area contributed by atoms with Crippen molar-refractivity contribution in [3.8, 4) is 0 Å². The van der Waals surface area contributed by atoms with Gasteiger partial charge in [0.05, 0.1) is 11.8 Å². The van der Waals surface area contributed by atoms with Gasteiger partial charge in [-0.15, -0.1) is 0 Å². The third-order valence-corrected chi connectivity index (χ3v) is 4.71. The fraction of sp³-hybridized carbons (Fsp3) is 0.0870. The van der Waals surface area contributed by atoms with Gasteiger partial charge in [-0.05, 0) is 36.2 Å². The molecule has 0 atom stereocenters. The maximum atomic E-state index is 12.1. The molecule has 5 heteroatoms. The SMILES string of the molecule is Cc1ccccc1Cn1cc(C=NNC(=O)c2cccnc2)c2ccccc21. The van der Waals surface area contributed by atoms with Gasteiger partial charge in [0.25, 0.3) is 5.91 Å². The first-order valence-corrected chi connectivity index (χ1v) is 9.08. The molecule has 0 spiro atoms. The van der Waals surface area contributed by atoms with Crippen molar-refractivity contribution in [2.45, 2.75) is 13.5 Å². The largest absolute Gasteiger partial charge is 0.342 e. The van der Waals surface area contributed by atoms with Crippen LogP contribution in [0, 0.1) is 6.92 Å². The van der Waals surface area contributed by atoms with Crippen molar-refractivity contribution in [2.75, 3.05) is 0 Å². The molecule has 2 aromatic carbocycles. The Hall–Kier alpha value is -3.73. The van der Waals surface area contributed by atoms with Gasteiger partial charge in [0, 0.05) is 41.6 Å². The molecule has 5 nitrogen and oxygen atoms in total. The van der Waals surface area contributed by atoms with Crippen LogP contribution in [0.15, 0.2) is 84.4 Å². The van der Waals surface area contributed by atoms with E-state index in [2.05, 4.69) is 69.6 Å². The minimum atomic E-state index is -0.284. The summed E-state index contributed by atoms with van der Waals surface area (Å²) in [7, 11) is 0. The second-order valence-corrected chi connectivity index (χ2v) is 6.60. The van der Waals surface area contributed by atoms with E-state index in [0.29, 0.717) is 5.56 Å². The molecule has 4 aromatic rings. The van der Waals surface area contributed by atoms with Gasteiger partial charge in [-0.3, -0.25) is 9.78 Å². The van der Waals surface area contributed by atoms with Gasteiger partial charge in [-0.1, -0.05) is 42.5 Å². The second kappa shape index (κ2) is 7.88. The van der Waals surface area contributed by atoms with E-state index in [-0.39, 0.29) is 5.91 Å². The normalized spacial score (nSPS) is 11.2. The Labute approximate surface area is 163 Å². The number of fused-ring (bicyclic) bond motifs is 1. The summed E-state index contributed by atoms with van der Waals surface area (Å²) in [5.74, 6) is -0.284. The molecular weight excluding hydrogens is 348 g/mol. The maximum Gasteiger partial charge on any atom is 0.272 e. The van der Waals surface area contributed by atoms with Crippen LogP contribution < -0.4 is 5.43 Å². The number of benzene rings is 2. The van der Waals surface area contributed by atoms with E-state index >= 15 is 0 Å². The molecule has 0 unspecified atom stereocenters. The van der Waals surface area contributed by atoms with Crippen molar-refractivity contribution in [1.29, 1.82) is 0 Å². The first-order valence-electron chi connectivity index (χ1n) is 9.08. The summed E-state index contributed by atoms with van der Waals surface area (Å²) in [6, 6.07) is 20.0. The maximum absolute atomic E-state index is 12.1. The Morgan fingerprint density at radius 2 is 1.93 bits per heavy atom. The fourth-order valence-electron chi connectivity index (χ4n) is 3.20. The standard InChI is InChI=1S/C23H20N4O/c1-17-7-2-3-8-19(17)15-27-16-20(21-10-4-5-11-22(21)27)14-25-26-23(28)18-9-6-12-24-13-18/h2-14,16H,15H2,1H3,(H,26,28). The number of hydrogen-bond acceptors (Lipinski definition) is 3. The van der Waals surface area contributed by atoms with Crippen molar-refractivity contribution in [3.63, 3.8) is 0 Å². The van der Waals surface area contributed by atoms with Gasteiger partial charge in [-0.25, -0.2) is 5.43 Å². The summed E-state index contributed by atoms with van der Waals surface area (Å²) in [6.07, 6.45) is 6.89. The predicted octanol–water partition coefficient (Wildman–Crippen LogP) is 4.16. The molecule has 0 bridgehead atoms. The van der Waals surface area contributed by atoms with Crippen LogP contribution in [-0.4, -0.2) is 21.7 Å². The number of aromatic nitrogens is 2. The molecule has 0 saturated carbocycles. The average molecular weight is 368 g/mol. The van der Waals surface area contributed by atoms with Gasteiger partial charge in [0.15, 0.2) is 0 Å². The summed E-state index contributed by atoms with van der Waals surface area (Å²) in [5, 5.41) is 5.23. The molecular formula is C23H20N4O. The van der Waals surface area contributed by atoms with Crippen molar-refractivity contribution in [2.24, 2.45) is 5.10 Å². The van der Waals surface area contributed by atoms with E-state index in [1.165, 1.54) is 17.3 Å². The van der Waals surface area contributed by atoms with Gasteiger partial charge < -0.3 is 4.57 Å². The van der Waals surface area contributed by atoms with Crippen LogP contribution in [0.3, 0.4) is 0 Å². The first-order chi connectivity index (χ1) is 13.7. The zero-order chi connectivity index (χ0) is 19.3. The molecule has 2 heterocycles. The highest BCUT2D eigenvalue weighted by atomic mass is 16.2. The summed E-state index contributed by atoms with van der Waals surface area (Å²) in [6.45, 7) is 2.90. The smallest absolute Gasteiger partial charge is 0.272 e. The predicted molar refractivity (Wildman–Crippen MR) is 112 cm³/mol. The fourth-order valence-corrected chi connectivity index (χ4v) is 3.20. The topological polar surface area (TPSA) is 59.3 Å². The highest BCUT2D eigenvalue weighted by molar-refractivity contribution is 6.00. The molecule has 1 N–H and O–H groups in total. The molecule has 0 aliphatic rings. The van der Waals surface area contributed by atoms with Gasteiger partial charge in [0.1, 0.15) is 0 Å². The summed E-state index contributed by atoms with van der Waals surface area (Å²) in [5.41, 5.74) is 7.66. The Kier molecular flexibility index (Phi) is 4.97. The molecule has 1 amide bonds. The van der Waals surface area contributed by atoms with E-state index in [9.17, 15) is 4.79 Å². The Morgan fingerprint density at radius 3 is 2.75 bits per heavy atom. The van der Waals surface area contributed by atoms with E-state index in [1.807, 2.05) is 12.1 Å². The van der Waals surface area contributed by atoms with Crippen molar-refractivity contribution in [1.82, 2.24) is 15.0 Å². The number of aryl methyl sites for hydroxylation is 1. The first kappa shape index (κ1) is 17.7. The number of para-hydroxylation sites is 1. The number of nitrogens with one attached hydrogen (secondary N) is 1. The van der Waals surface area contributed by atoms with Crippen molar-refractivity contribution in [3.05, 3.63) is 102 Å². The molecule has 0 saturated heterocycles. The van der Waals surface area contributed by atoms with Crippen molar-refractivity contribution < 1.29 is 4.79 Å². The quantitative estimate of drug-likeness (QED) is 0.425.